The molecule has 0 atom stereocenters. The van der Waals surface area contributed by atoms with Crippen molar-refractivity contribution < 1.29 is 28.1 Å². The van der Waals surface area contributed by atoms with Crippen molar-refractivity contribution in [2.24, 2.45) is 0 Å². The van der Waals surface area contributed by atoms with Crippen LogP contribution in [-0.2, 0) is 9.47 Å². The number of methoxy groups -OCH3 is 1. The van der Waals surface area contributed by atoms with E-state index in [1.165, 1.54) is 18.5 Å². The summed E-state index contributed by atoms with van der Waals surface area (Å²) in [6.45, 7) is 4.36. The van der Waals surface area contributed by atoms with Crippen molar-refractivity contribution in [3.63, 3.8) is 0 Å². The van der Waals surface area contributed by atoms with E-state index in [1.54, 1.807) is 19.2 Å². The highest BCUT2D eigenvalue weighted by Crippen LogP contribution is 2.37. The van der Waals surface area contributed by atoms with Gasteiger partial charge in [-0.3, -0.25) is 0 Å². The van der Waals surface area contributed by atoms with Crippen molar-refractivity contribution in [2.45, 2.75) is 18.9 Å². The van der Waals surface area contributed by atoms with Crippen molar-refractivity contribution in [3.05, 3.63) is 47.5 Å². The number of hydrogen-bond donors (Lipinski definition) is 1. The van der Waals surface area contributed by atoms with Gasteiger partial charge in [-0.05, 0) is 24.3 Å². The monoisotopic (exact) mass is 559 g/mol. The van der Waals surface area contributed by atoms with Crippen molar-refractivity contribution in [2.75, 3.05) is 65.0 Å². The van der Waals surface area contributed by atoms with Gasteiger partial charge in [0.2, 0.25) is 0 Å². The van der Waals surface area contributed by atoms with E-state index in [0.717, 1.165) is 0 Å². The number of aromatic nitrogens is 2. The number of anilines is 2. The van der Waals surface area contributed by atoms with Crippen LogP contribution >= 0.6 is 11.6 Å². The summed E-state index contributed by atoms with van der Waals surface area (Å²) in [4.78, 5) is 25.4. The van der Waals surface area contributed by atoms with E-state index in [9.17, 15) is 9.18 Å². The predicted octanol–water partition coefficient (Wildman–Crippen LogP) is 4.49. The van der Waals surface area contributed by atoms with E-state index in [4.69, 9.17) is 30.5 Å². The Morgan fingerprint density at radius 1 is 1.08 bits per heavy atom. The minimum Gasteiger partial charge on any atom is -0.487 e. The van der Waals surface area contributed by atoms with E-state index in [1.807, 2.05) is 15.9 Å². The van der Waals surface area contributed by atoms with E-state index in [-0.39, 0.29) is 17.2 Å². The SMILES string of the molecule is COCCOc1cc2ncnc(Nc3ccc(F)cc3Cl)c2cc1OC1CCN(C(=O)N2CCOCC2)CC1. The fraction of sp³-hybridized carbons (Fsp3) is 0.444. The minimum absolute atomic E-state index is 0.0540. The first-order chi connectivity index (χ1) is 19.0. The maximum atomic E-state index is 13.5. The molecule has 1 aromatic heterocycles. The third-order valence-corrected chi connectivity index (χ3v) is 7.03. The number of urea groups is 1. The molecule has 5 rings (SSSR count). The van der Waals surface area contributed by atoms with E-state index in [2.05, 4.69) is 15.3 Å². The third kappa shape index (κ3) is 6.60. The summed E-state index contributed by atoms with van der Waals surface area (Å²) in [5, 5.41) is 4.09. The van der Waals surface area contributed by atoms with Crippen LogP contribution in [0.2, 0.25) is 5.02 Å². The van der Waals surface area contributed by atoms with Gasteiger partial charge in [-0.25, -0.2) is 19.2 Å². The Labute approximate surface area is 230 Å². The summed E-state index contributed by atoms with van der Waals surface area (Å²) in [7, 11) is 1.61. The average molecular weight is 560 g/mol. The molecule has 2 aliphatic heterocycles. The standard InChI is InChI=1S/C27H31ClFN5O5/c1-36-12-13-38-24-16-23-20(26(31-17-30-23)32-22-3-2-18(29)14-21(22)28)15-25(24)39-19-4-6-33(7-5-19)27(35)34-8-10-37-11-9-34/h2-3,14-17,19H,4-13H2,1H3,(H,30,31,32). The van der Waals surface area contributed by atoms with Gasteiger partial charge in [-0.15, -0.1) is 0 Å². The second-order valence-corrected chi connectivity index (χ2v) is 9.72. The van der Waals surface area contributed by atoms with Crippen molar-refractivity contribution >= 4 is 40.0 Å². The van der Waals surface area contributed by atoms with Gasteiger partial charge in [0.05, 0.1) is 36.0 Å². The lowest BCUT2D eigenvalue weighted by Gasteiger charge is -2.37. The summed E-state index contributed by atoms with van der Waals surface area (Å²) < 4.78 is 36.5. The van der Waals surface area contributed by atoms with Gasteiger partial charge in [-0.2, -0.15) is 0 Å². The first-order valence-corrected chi connectivity index (χ1v) is 13.3. The maximum absolute atomic E-state index is 13.5. The van der Waals surface area contributed by atoms with Gasteiger partial charge in [0.1, 0.15) is 30.7 Å². The van der Waals surface area contributed by atoms with Crippen molar-refractivity contribution in [3.8, 4) is 11.5 Å². The lowest BCUT2D eigenvalue weighted by Crippen LogP contribution is -2.51. The number of benzene rings is 2. The Morgan fingerprint density at radius 3 is 2.59 bits per heavy atom. The lowest BCUT2D eigenvalue weighted by atomic mass is 10.1. The quantitative estimate of drug-likeness (QED) is 0.403. The number of hydrogen-bond acceptors (Lipinski definition) is 8. The molecule has 12 heteroatoms. The molecule has 0 radical (unpaired) electrons. The van der Waals surface area contributed by atoms with Gasteiger partial charge in [-0.1, -0.05) is 11.6 Å². The van der Waals surface area contributed by atoms with Crippen molar-refractivity contribution in [1.29, 1.82) is 0 Å². The Hall–Kier alpha value is -3.41. The largest absolute Gasteiger partial charge is 0.487 e. The van der Waals surface area contributed by atoms with Crippen LogP contribution in [0.25, 0.3) is 10.9 Å². The van der Waals surface area contributed by atoms with Gasteiger partial charge in [0, 0.05) is 57.6 Å². The molecule has 3 aromatic rings. The molecule has 0 bridgehead atoms. The first-order valence-electron chi connectivity index (χ1n) is 12.9. The molecule has 0 saturated carbocycles. The zero-order valence-corrected chi connectivity index (χ0v) is 22.5. The van der Waals surface area contributed by atoms with Crippen LogP contribution in [0, 0.1) is 5.82 Å². The molecular weight excluding hydrogens is 529 g/mol. The molecule has 0 spiro atoms. The van der Waals surface area contributed by atoms with Crippen LogP contribution in [0.15, 0.2) is 36.7 Å². The molecule has 2 fully saturated rings. The van der Waals surface area contributed by atoms with Crippen LogP contribution in [0.5, 0.6) is 11.5 Å². The fourth-order valence-electron chi connectivity index (χ4n) is 4.62. The highest BCUT2D eigenvalue weighted by atomic mass is 35.5. The maximum Gasteiger partial charge on any atom is 0.320 e. The summed E-state index contributed by atoms with van der Waals surface area (Å²) >= 11 is 6.23. The van der Waals surface area contributed by atoms with E-state index < -0.39 is 5.82 Å². The number of carbonyl (C=O) groups is 1. The van der Waals surface area contributed by atoms with E-state index in [0.29, 0.717) is 99.4 Å². The number of morpholine rings is 1. The van der Waals surface area contributed by atoms with E-state index >= 15 is 0 Å². The topological polar surface area (TPSA) is 98.3 Å². The fourth-order valence-corrected chi connectivity index (χ4v) is 4.84. The Balaban J connectivity index is 1.35. The van der Waals surface area contributed by atoms with Gasteiger partial charge in [0.25, 0.3) is 0 Å². The first kappa shape index (κ1) is 27.2. The molecule has 0 unspecified atom stereocenters. The number of likely N-dealkylation sites (tertiary alicyclic amines) is 1. The summed E-state index contributed by atoms with van der Waals surface area (Å²) in [6, 6.07) is 7.80. The average Bonchev–Trinajstić information content (AvgIpc) is 2.95. The van der Waals surface area contributed by atoms with Gasteiger partial charge >= 0.3 is 6.03 Å². The minimum atomic E-state index is -0.427. The second-order valence-electron chi connectivity index (χ2n) is 9.32. The summed E-state index contributed by atoms with van der Waals surface area (Å²) in [6.07, 6.45) is 2.71. The summed E-state index contributed by atoms with van der Waals surface area (Å²) in [5.41, 5.74) is 1.15. The molecule has 39 heavy (non-hydrogen) atoms. The van der Waals surface area contributed by atoms with Crippen LogP contribution in [0.3, 0.4) is 0 Å². The number of nitrogens with one attached hydrogen (secondary N) is 1. The number of carbonyl (C=O) groups excluding carboxylic acids is 1. The predicted molar refractivity (Wildman–Crippen MR) is 145 cm³/mol. The number of amides is 2. The lowest BCUT2D eigenvalue weighted by molar-refractivity contribution is 0.0357. The van der Waals surface area contributed by atoms with Gasteiger partial charge < -0.3 is 34.1 Å². The van der Waals surface area contributed by atoms with Crippen LogP contribution in [0.4, 0.5) is 20.7 Å². The number of fused-ring (bicyclic) bond motifs is 1. The number of ether oxygens (including phenoxy) is 4. The van der Waals surface area contributed by atoms with Crippen molar-refractivity contribution in [1.82, 2.24) is 19.8 Å². The molecule has 208 valence electrons. The van der Waals surface area contributed by atoms with Crippen LogP contribution < -0.4 is 14.8 Å². The number of piperidine rings is 1. The molecule has 2 aromatic carbocycles. The Morgan fingerprint density at radius 2 is 1.85 bits per heavy atom. The molecule has 1 N–H and O–H groups in total. The zero-order chi connectivity index (χ0) is 27.2. The molecular formula is C27H31ClFN5O5. The molecule has 0 aliphatic carbocycles. The summed E-state index contributed by atoms with van der Waals surface area (Å²) in [5.74, 6) is 1.15. The normalized spacial score (nSPS) is 16.4. The number of rotatable bonds is 8. The molecule has 2 saturated heterocycles. The second kappa shape index (κ2) is 12.6. The smallest absolute Gasteiger partial charge is 0.320 e. The number of halogens is 2. The van der Waals surface area contributed by atoms with Crippen LogP contribution in [0.1, 0.15) is 12.8 Å². The third-order valence-electron chi connectivity index (χ3n) is 6.72. The molecule has 2 amide bonds. The number of nitrogens with zero attached hydrogens (tertiary/aromatic N) is 4. The Kier molecular flexibility index (Phi) is 8.80. The molecule has 10 nitrogen and oxygen atoms in total. The van der Waals surface area contributed by atoms with Crippen LogP contribution in [-0.4, -0.2) is 91.6 Å². The molecule has 3 heterocycles. The zero-order valence-electron chi connectivity index (χ0n) is 21.7. The highest BCUT2D eigenvalue weighted by Gasteiger charge is 2.29. The highest BCUT2D eigenvalue weighted by molar-refractivity contribution is 6.33. The van der Waals surface area contributed by atoms with Gasteiger partial charge in [0.15, 0.2) is 11.5 Å². The molecule has 2 aliphatic rings. The Bertz CT molecular complexity index is 1300.